The van der Waals surface area contributed by atoms with Gasteiger partial charge in [-0.25, -0.2) is 28.2 Å². The van der Waals surface area contributed by atoms with Gasteiger partial charge in [0.2, 0.25) is 0 Å². The Bertz CT molecular complexity index is 1390. The summed E-state index contributed by atoms with van der Waals surface area (Å²) in [5, 5.41) is 12.0. The maximum Gasteiger partial charge on any atom is 0.341 e. The van der Waals surface area contributed by atoms with Crippen LogP contribution in [-0.2, 0) is 11.8 Å². The molecule has 1 N–H and O–H groups in total. The molecule has 11 heteroatoms. The average molecular weight is 467 g/mol. The third-order valence-electron chi connectivity index (χ3n) is 5.36. The van der Waals surface area contributed by atoms with Gasteiger partial charge in [0.15, 0.2) is 5.82 Å². The van der Waals surface area contributed by atoms with Gasteiger partial charge in [0.25, 0.3) is 0 Å². The zero-order chi connectivity index (χ0) is 24.6. The Morgan fingerprint density at radius 1 is 1.12 bits per heavy atom. The molecule has 0 atom stereocenters. The van der Waals surface area contributed by atoms with Crippen molar-refractivity contribution in [1.82, 2.24) is 29.5 Å². The lowest BCUT2D eigenvalue weighted by Gasteiger charge is -2.09. The monoisotopic (exact) mass is 467 g/mol. The van der Waals surface area contributed by atoms with Gasteiger partial charge in [0, 0.05) is 30.3 Å². The Kier molecular flexibility index (Phi) is 6.10. The average Bonchev–Trinajstić information content (AvgIpc) is 3.24. The minimum Gasteiger partial charge on any atom is -0.462 e. The second-order valence-corrected chi connectivity index (χ2v) is 7.63. The van der Waals surface area contributed by atoms with Gasteiger partial charge < -0.3 is 10.1 Å². The van der Waals surface area contributed by atoms with E-state index in [2.05, 4.69) is 25.5 Å². The van der Waals surface area contributed by atoms with Gasteiger partial charge >= 0.3 is 5.97 Å². The number of carbonyl (C=O) groups is 1. The van der Waals surface area contributed by atoms with Crippen LogP contribution in [0.25, 0.3) is 17.1 Å². The van der Waals surface area contributed by atoms with Gasteiger partial charge in [0.05, 0.1) is 18.0 Å². The molecule has 0 bridgehead atoms. The molecule has 3 aromatic heterocycles. The molecular weight excluding hydrogens is 444 g/mol. The molecule has 4 aromatic rings. The van der Waals surface area contributed by atoms with Crippen LogP contribution in [0, 0.1) is 32.4 Å². The topological polar surface area (TPSA) is 99.8 Å². The van der Waals surface area contributed by atoms with E-state index < -0.39 is 17.6 Å². The van der Waals surface area contributed by atoms with E-state index in [-0.39, 0.29) is 12.2 Å². The summed E-state index contributed by atoms with van der Waals surface area (Å²) in [5.74, 6) is -0.340. The molecule has 0 fully saturated rings. The minimum absolute atomic E-state index is 0.195. The molecule has 9 nitrogen and oxygen atoms in total. The largest absolute Gasteiger partial charge is 0.462 e. The molecule has 0 unspecified atom stereocenters. The van der Waals surface area contributed by atoms with Crippen LogP contribution in [0.4, 0.5) is 20.4 Å². The molecule has 0 spiro atoms. The molecule has 3 heterocycles. The van der Waals surface area contributed by atoms with E-state index in [1.807, 2.05) is 0 Å². The maximum absolute atomic E-state index is 14.3. The molecule has 0 radical (unpaired) electrons. The van der Waals surface area contributed by atoms with Crippen molar-refractivity contribution in [2.45, 2.75) is 27.7 Å². The molecule has 0 saturated heterocycles. The Morgan fingerprint density at radius 2 is 1.88 bits per heavy atom. The van der Waals surface area contributed by atoms with Crippen LogP contribution >= 0.6 is 0 Å². The van der Waals surface area contributed by atoms with E-state index >= 15 is 0 Å². The fourth-order valence-corrected chi connectivity index (χ4v) is 3.76. The van der Waals surface area contributed by atoms with Gasteiger partial charge in [0.1, 0.15) is 40.9 Å². The Morgan fingerprint density at radius 3 is 2.59 bits per heavy atom. The highest BCUT2D eigenvalue weighted by atomic mass is 19.1. The number of benzene rings is 1. The first kappa shape index (κ1) is 23.0. The van der Waals surface area contributed by atoms with E-state index in [0.29, 0.717) is 45.7 Å². The van der Waals surface area contributed by atoms with Crippen molar-refractivity contribution in [2.75, 3.05) is 11.9 Å². The first-order chi connectivity index (χ1) is 16.2. The summed E-state index contributed by atoms with van der Waals surface area (Å²) in [6.07, 6.45) is 1.37. The fourth-order valence-electron chi connectivity index (χ4n) is 3.76. The van der Waals surface area contributed by atoms with Crippen LogP contribution in [0.5, 0.6) is 0 Å². The fraction of sp³-hybridized carbons (Fsp3) is 0.261. The SMILES string of the molecule is CCOC(=O)c1c(C)nn(-c2cc(Nc3c(C)c(-c4ccc(F)cc4F)nn3C)ncn2)c1C. The highest BCUT2D eigenvalue weighted by molar-refractivity contribution is 5.92. The van der Waals surface area contributed by atoms with Crippen LogP contribution in [0.1, 0.15) is 34.2 Å². The van der Waals surface area contributed by atoms with Gasteiger partial charge in [-0.2, -0.15) is 10.2 Å². The summed E-state index contributed by atoms with van der Waals surface area (Å²) in [6, 6.07) is 5.04. The molecule has 1 aromatic carbocycles. The van der Waals surface area contributed by atoms with Gasteiger partial charge in [-0.15, -0.1) is 0 Å². The number of aryl methyl sites for hydroxylation is 2. The quantitative estimate of drug-likeness (QED) is 0.425. The lowest BCUT2D eigenvalue weighted by Crippen LogP contribution is -2.09. The van der Waals surface area contributed by atoms with Gasteiger partial charge in [-0.05, 0) is 39.8 Å². The van der Waals surface area contributed by atoms with Crippen LogP contribution in [0.3, 0.4) is 0 Å². The predicted octanol–water partition coefficient (Wildman–Crippen LogP) is 4.19. The number of hydrogen-bond donors (Lipinski definition) is 1. The summed E-state index contributed by atoms with van der Waals surface area (Å²) in [6.45, 7) is 7.27. The van der Waals surface area contributed by atoms with E-state index in [0.717, 1.165) is 6.07 Å². The van der Waals surface area contributed by atoms with Crippen LogP contribution in [0.2, 0.25) is 0 Å². The third kappa shape index (κ3) is 4.12. The molecule has 0 aliphatic heterocycles. The third-order valence-corrected chi connectivity index (χ3v) is 5.36. The van der Waals surface area contributed by atoms with Gasteiger partial charge in [-0.3, -0.25) is 4.68 Å². The summed E-state index contributed by atoms with van der Waals surface area (Å²) in [7, 11) is 1.70. The number of halogens is 2. The summed E-state index contributed by atoms with van der Waals surface area (Å²) >= 11 is 0. The molecule has 0 amide bonds. The first-order valence-corrected chi connectivity index (χ1v) is 10.5. The second kappa shape index (κ2) is 9.00. The summed E-state index contributed by atoms with van der Waals surface area (Å²) in [4.78, 5) is 20.8. The van der Waals surface area contributed by atoms with Gasteiger partial charge in [-0.1, -0.05) is 0 Å². The van der Waals surface area contributed by atoms with Crippen molar-refractivity contribution in [1.29, 1.82) is 0 Å². The number of esters is 1. The van der Waals surface area contributed by atoms with Crippen molar-refractivity contribution in [3.8, 4) is 17.1 Å². The molecular formula is C23H23F2N7O2. The summed E-state index contributed by atoms with van der Waals surface area (Å²) < 4.78 is 35.9. The Balaban J connectivity index is 1.68. The zero-order valence-electron chi connectivity index (χ0n) is 19.3. The Labute approximate surface area is 194 Å². The standard InChI is InChI=1S/C23H23F2N7O2/c1-6-34-23(33)20-13(3)29-32(14(20)4)19-10-18(26-11-27-19)28-22-12(2)21(30-31(22)5)16-8-7-15(24)9-17(16)25/h7-11H,6H2,1-5H3,(H,26,27,28). The smallest absolute Gasteiger partial charge is 0.341 e. The number of anilines is 2. The van der Waals surface area contributed by atoms with Crippen molar-refractivity contribution >= 4 is 17.6 Å². The number of nitrogens with one attached hydrogen (secondary N) is 1. The normalized spacial score (nSPS) is 11.0. The van der Waals surface area contributed by atoms with E-state index in [9.17, 15) is 13.6 Å². The zero-order valence-corrected chi connectivity index (χ0v) is 19.3. The first-order valence-electron chi connectivity index (χ1n) is 10.5. The van der Waals surface area contributed by atoms with Crippen molar-refractivity contribution in [2.24, 2.45) is 7.05 Å². The lowest BCUT2D eigenvalue weighted by molar-refractivity contribution is 0.0524. The van der Waals surface area contributed by atoms with Crippen molar-refractivity contribution < 1.29 is 18.3 Å². The number of rotatable bonds is 6. The van der Waals surface area contributed by atoms with E-state index in [1.165, 1.54) is 18.5 Å². The number of ether oxygens (including phenoxy) is 1. The molecule has 0 aliphatic carbocycles. The second-order valence-electron chi connectivity index (χ2n) is 7.63. The highest BCUT2D eigenvalue weighted by Gasteiger charge is 2.22. The van der Waals surface area contributed by atoms with Crippen molar-refractivity contribution in [3.63, 3.8) is 0 Å². The molecule has 0 saturated carbocycles. The summed E-state index contributed by atoms with van der Waals surface area (Å²) in [5.41, 5.74) is 2.74. The lowest BCUT2D eigenvalue weighted by atomic mass is 10.1. The minimum atomic E-state index is -0.695. The van der Waals surface area contributed by atoms with Crippen LogP contribution in [-0.4, -0.2) is 42.1 Å². The number of aromatic nitrogens is 6. The number of hydrogen-bond acceptors (Lipinski definition) is 7. The van der Waals surface area contributed by atoms with E-state index in [4.69, 9.17) is 4.74 Å². The molecule has 34 heavy (non-hydrogen) atoms. The Hall–Kier alpha value is -4.15. The molecule has 176 valence electrons. The van der Waals surface area contributed by atoms with Crippen LogP contribution in [0.15, 0.2) is 30.6 Å². The molecule has 4 rings (SSSR count). The number of carbonyl (C=O) groups excluding carboxylic acids is 1. The number of nitrogens with zero attached hydrogens (tertiary/aromatic N) is 6. The maximum atomic E-state index is 14.3. The van der Waals surface area contributed by atoms with E-state index in [1.54, 1.807) is 50.2 Å². The van der Waals surface area contributed by atoms with Crippen LogP contribution < -0.4 is 5.32 Å². The predicted molar refractivity (Wildman–Crippen MR) is 121 cm³/mol. The van der Waals surface area contributed by atoms with Crippen molar-refractivity contribution in [3.05, 3.63) is 64.7 Å². The highest BCUT2D eigenvalue weighted by Crippen LogP contribution is 2.31. The molecule has 0 aliphatic rings.